The Morgan fingerprint density at radius 2 is 2.04 bits per heavy atom. The van der Waals surface area contributed by atoms with Crippen LogP contribution in [0.25, 0.3) is 11.1 Å². The molecule has 144 valence electrons. The maximum Gasteiger partial charge on any atom is 0.346 e. The fourth-order valence-electron chi connectivity index (χ4n) is 3.69. The van der Waals surface area contributed by atoms with E-state index >= 15 is 0 Å². The normalized spacial score (nSPS) is 15.8. The minimum absolute atomic E-state index is 0.165. The molecular weight excluding hydrogens is 380 g/mol. The topological polar surface area (TPSA) is 102 Å². The third-order valence-corrected chi connectivity index (χ3v) is 6.21. The zero-order valence-electron chi connectivity index (χ0n) is 15.5. The van der Waals surface area contributed by atoms with Crippen LogP contribution in [0.2, 0.25) is 0 Å². The molecular formula is C20H18N2O5S. The molecule has 4 rings (SSSR count). The molecule has 7 nitrogen and oxygen atoms in total. The van der Waals surface area contributed by atoms with Crippen molar-refractivity contribution in [3.05, 3.63) is 51.0 Å². The fraction of sp³-hybridized carbons (Fsp3) is 0.250. The number of fused-ring (bicyclic) bond motifs is 1. The molecule has 0 saturated carbocycles. The van der Waals surface area contributed by atoms with Crippen LogP contribution in [0.15, 0.2) is 28.8 Å². The molecule has 1 aromatic carbocycles. The van der Waals surface area contributed by atoms with Gasteiger partial charge in [-0.25, -0.2) is 4.79 Å². The van der Waals surface area contributed by atoms with E-state index in [0.717, 1.165) is 10.4 Å². The second-order valence-corrected chi connectivity index (χ2v) is 7.67. The standard InChI is InChI=1S/C20H18N2O5S/c1-9-15(10(2)27-22-9)13-8-14(23)21-17-16(19(20(24)25)28-18(13)17)11-4-6-12(26-3)7-5-11/h4-7,13H,8H2,1-3H3,(H,21,23)(H,24,25)/t13-/m1/s1. The molecule has 0 saturated heterocycles. The van der Waals surface area contributed by atoms with Crippen molar-refractivity contribution in [1.29, 1.82) is 0 Å². The number of aromatic nitrogens is 1. The van der Waals surface area contributed by atoms with Crippen molar-refractivity contribution in [1.82, 2.24) is 5.16 Å². The first kappa shape index (κ1) is 18.2. The number of benzene rings is 1. The van der Waals surface area contributed by atoms with Crippen LogP contribution in [0.5, 0.6) is 5.75 Å². The predicted octanol–water partition coefficient (Wildman–Crippen LogP) is 4.20. The number of aryl methyl sites for hydroxylation is 2. The number of thiophene rings is 1. The van der Waals surface area contributed by atoms with Crippen molar-refractivity contribution in [3.8, 4) is 16.9 Å². The van der Waals surface area contributed by atoms with E-state index in [1.165, 1.54) is 11.3 Å². The highest BCUT2D eigenvalue weighted by atomic mass is 32.1. The van der Waals surface area contributed by atoms with Crippen molar-refractivity contribution in [2.75, 3.05) is 12.4 Å². The number of carboxylic acid groups (broad SMARTS) is 1. The van der Waals surface area contributed by atoms with E-state index in [1.807, 2.05) is 6.92 Å². The molecule has 0 fully saturated rings. The summed E-state index contributed by atoms with van der Waals surface area (Å²) in [6.07, 6.45) is 0.220. The van der Waals surface area contributed by atoms with Gasteiger partial charge in [0.25, 0.3) is 0 Å². The van der Waals surface area contributed by atoms with Gasteiger partial charge >= 0.3 is 5.97 Å². The van der Waals surface area contributed by atoms with Crippen molar-refractivity contribution in [3.63, 3.8) is 0 Å². The molecule has 1 amide bonds. The van der Waals surface area contributed by atoms with Gasteiger partial charge in [0.05, 0.1) is 18.5 Å². The molecule has 1 aliphatic heterocycles. The number of anilines is 1. The minimum Gasteiger partial charge on any atom is -0.497 e. The first-order valence-corrected chi connectivity index (χ1v) is 9.49. The largest absolute Gasteiger partial charge is 0.497 e. The molecule has 3 heterocycles. The molecule has 8 heteroatoms. The van der Waals surface area contributed by atoms with Gasteiger partial charge in [-0.1, -0.05) is 17.3 Å². The Balaban J connectivity index is 1.94. The Hall–Kier alpha value is -3.13. The number of carbonyl (C=O) groups excluding carboxylic acids is 1. The monoisotopic (exact) mass is 398 g/mol. The zero-order chi connectivity index (χ0) is 20.0. The van der Waals surface area contributed by atoms with E-state index in [9.17, 15) is 14.7 Å². The summed E-state index contributed by atoms with van der Waals surface area (Å²) in [7, 11) is 1.57. The summed E-state index contributed by atoms with van der Waals surface area (Å²) in [5, 5.41) is 16.7. The SMILES string of the molecule is COc1ccc(-c2c(C(=O)O)sc3c2NC(=O)C[C@@H]3c2c(C)noc2C)cc1. The molecule has 0 unspecified atom stereocenters. The number of hydrogen-bond acceptors (Lipinski definition) is 6. The van der Waals surface area contributed by atoms with Crippen LogP contribution < -0.4 is 10.1 Å². The lowest BCUT2D eigenvalue weighted by Crippen LogP contribution is -2.23. The summed E-state index contributed by atoms with van der Waals surface area (Å²) in [6.45, 7) is 3.63. The van der Waals surface area contributed by atoms with Crippen molar-refractivity contribution < 1.29 is 24.0 Å². The van der Waals surface area contributed by atoms with Gasteiger partial charge in [-0.15, -0.1) is 11.3 Å². The number of aromatic carboxylic acids is 1. The third-order valence-electron chi connectivity index (χ3n) is 4.92. The Bertz CT molecular complexity index is 1060. The average molecular weight is 398 g/mol. The van der Waals surface area contributed by atoms with E-state index in [1.54, 1.807) is 38.3 Å². The second kappa shape index (κ2) is 6.79. The molecule has 2 N–H and O–H groups in total. The summed E-state index contributed by atoms with van der Waals surface area (Å²) < 4.78 is 10.5. The highest BCUT2D eigenvalue weighted by molar-refractivity contribution is 7.15. The highest BCUT2D eigenvalue weighted by Crippen LogP contribution is 2.50. The lowest BCUT2D eigenvalue weighted by molar-refractivity contribution is -0.116. The summed E-state index contributed by atoms with van der Waals surface area (Å²) in [6, 6.07) is 7.11. The third kappa shape index (κ3) is 2.86. The van der Waals surface area contributed by atoms with Crippen molar-refractivity contribution in [2.45, 2.75) is 26.2 Å². The maximum atomic E-state index is 12.5. The van der Waals surface area contributed by atoms with Gasteiger partial charge in [-0.05, 0) is 31.5 Å². The van der Waals surface area contributed by atoms with Crippen molar-refractivity contribution >= 4 is 28.9 Å². The predicted molar refractivity (Wildman–Crippen MR) is 104 cm³/mol. The van der Waals surface area contributed by atoms with E-state index in [-0.39, 0.29) is 23.1 Å². The highest BCUT2D eigenvalue weighted by Gasteiger charge is 2.36. The molecule has 0 radical (unpaired) electrons. The summed E-state index contributed by atoms with van der Waals surface area (Å²) in [4.78, 5) is 25.5. The van der Waals surface area contributed by atoms with Gasteiger partial charge in [0.15, 0.2) is 0 Å². The van der Waals surface area contributed by atoms with Gasteiger partial charge in [-0.3, -0.25) is 4.79 Å². The maximum absolute atomic E-state index is 12.5. The van der Waals surface area contributed by atoms with Crippen LogP contribution in [-0.4, -0.2) is 29.2 Å². The Morgan fingerprint density at radius 3 is 2.61 bits per heavy atom. The van der Waals surface area contributed by atoms with Gasteiger partial charge in [0.1, 0.15) is 16.4 Å². The lowest BCUT2D eigenvalue weighted by atomic mass is 9.87. The molecule has 28 heavy (non-hydrogen) atoms. The first-order valence-electron chi connectivity index (χ1n) is 8.67. The van der Waals surface area contributed by atoms with Gasteiger partial charge in [0.2, 0.25) is 5.91 Å². The summed E-state index contributed by atoms with van der Waals surface area (Å²) in [5.74, 6) is -0.175. The lowest BCUT2D eigenvalue weighted by Gasteiger charge is -2.23. The Kier molecular flexibility index (Phi) is 4.43. The number of methoxy groups -OCH3 is 1. The van der Waals surface area contributed by atoms with E-state index in [0.29, 0.717) is 34.0 Å². The second-order valence-electron chi connectivity index (χ2n) is 6.62. The molecule has 0 spiro atoms. The number of amides is 1. The van der Waals surface area contributed by atoms with E-state index in [4.69, 9.17) is 9.26 Å². The van der Waals surface area contributed by atoms with Gasteiger partial charge in [-0.2, -0.15) is 0 Å². The fourth-order valence-corrected chi connectivity index (χ4v) is 4.92. The molecule has 0 aliphatic carbocycles. The first-order chi connectivity index (χ1) is 13.4. The number of ether oxygens (including phenoxy) is 1. The van der Waals surface area contributed by atoms with Crippen LogP contribution in [0, 0.1) is 13.8 Å². The summed E-state index contributed by atoms with van der Waals surface area (Å²) in [5.41, 5.74) is 3.32. The molecule has 1 atom stereocenters. The van der Waals surface area contributed by atoms with Crippen LogP contribution in [-0.2, 0) is 4.79 Å². The van der Waals surface area contributed by atoms with Crippen LogP contribution in [0.1, 0.15) is 43.9 Å². The molecule has 2 aromatic heterocycles. The number of nitrogens with one attached hydrogen (secondary N) is 1. The zero-order valence-corrected chi connectivity index (χ0v) is 16.3. The average Bonchev–Trinajstić information content (AvgIpc) is 3.21. The minimum atomic E-state index is -1.03. The van der Waals surface area contributed by atoms with Crippen molar-refractivity contribution in [2.24, 2.45) is 0 Å². The van der Waals surface area contributed by atoms with Crippen LogP contribution in [0.3, 0.4) is 0 Å². The van der Waals surface area contributed by atoms with Crippen LogP contribution >= 0.6 is 11.3 Å². The number of carbonyl (C=O) groups is 2. The molecule has 3 aromatic rings. The Labute approximate surface area is 164 Å². The number of nitrogens with zero attached hydrogens (tertiary/aromatic N) is 1. The number of hydrogen-bond donors (Lipinski definition) is 2. The van der Waals surface area contributed by atoms with E-state index in [2.05, 4.69) is 10.5 Å². The smallest absolute Gasteiger partial charge is 0.346 e. The number of rotatable bonds is 4. The Morgan fingerprint density at radius 1 is 1.32 bits per heavy atom. The number of carboxylic acids is 1. The van der Waals surface area contributed by atoms with Gasteiger partial charge in [0, 0.05) is 28.3 Å². The van der Waals surface area contributed by atoms with E-state index < -0.39 is 5.97 Å². The summed E-state index contributed by atoms with van der Waals surface area (Å²) >= 11 is 1.19. The van der Waals surface area contributed by atoms with Crippen LogP contribution in [0.4, 0.5) is 5.69 Å². The quantitative estimate of drug-likeness (QED) is 0.683. The van der Waals surface area contributed by atoms with Gasteiger partial charge < -0.3 is 19.7 Å². The molecule has 1 aliphatic rings. The molecule has 0 bridgehead atoms.